The number of halogens is 2. The lowest BCUT2D eigenvalue weighted by Crippen LogP contribution is -1.80. The number of allylic oxidation sites excluding steroid dienone is 1. The van der Waals surface area contributed by atoms with Gasteiger partial charge in [0.1, 0.15) is 11.6 Å². The minimum Gasteiger partial charge on any atom is -0.207 e. The van der Waals surface area contributed by atoms with E-state index in [0.29, 0.717) is 5.56 Å². The third-order valence-electron chi connectivity index (χ3n) is 1.24. The Morgan fingerprint density at radius 1 is 1.09 bits per heavy atom. The number of hydrogen-bond acceptors (Lipinski definition) is 0. The van der Waals surface area contributed by atoms with E-state index in [2.05, 4.69) is 0 Å². The Kier molecular flexibility index (Phi) is 2.36. The van der Waals surface area contributed by atoms with Gasteiger partial charge < -0.3 is 0 Å². The zero-order valence-electron chi connectivity index (χ0n) is 6.14. The van der Waals surface area contributed by atoms with Gasteiger partial charge in [-0.25, -0.2) is 8.78 Å². The van der Waals surface area contributed by atoms with Crippen molar-refractivity contribution in [2.24, 2.45) is 0 Å². The molecule has 0 aliphatic carbocycles. The van der Waals surface area contributed by atoms with E-state index in [9.17, 15) is 8.78 Å². The Balaban J connectivity index is 3.08. The fourth-order valence-corrected chi connectivity index (χ4v) is 0.864. The summed E-state index contributed by atoms with van der Waals surface area (Å²) < 4.78 is 25.0. The Labute approximate surface area is 64.2 Å². The second-order valence-electron chi connectivity index (χ2n) is 2.20. The van der Waals surface area contributed by atoms with Crippen LogP contribution >= 0.6 is 0 Å². The van der Waals surface area contributed by atoms with Gasteiger partial charge in [0.2, 0.25) is 0 Å². The summed E-state index contributed by atoms with van der Waals surface area (Å²) in [5, 5.41) is 0. The Hall–Kier alpha value is -1.18. The minimum atomic E-state index is -0.543. The predicted octanol–water partition coefficient (Wildman–Crippen LogP) is 3.00. The molecular weight excluding hydrogens is 146 g/mol. The zero-order chi connectivity index (χ0) is 8.27. The van der Waals surface area contributed by atoms with Crippen LogP contribution in [0.25, 0.3) is 6.08 Å². The van der Waals surface area contributed by atoms with Gasteiger partial charge in [0.15, 0.2) is 0 Å². The summed E-state index contributed by atoms with van der Waals surface area (Å²) in [6.07, 6.45) is 3.38. The van der Waals surface area contributed by atoms with Crippen LogP contribution in [0, 0.1) is 11.6 Å². The van der Waals surface area contributed by atoms with Crippen molar-refractivity contribution in [2.75, 3.05) is 0 Å². The average molecular weight is 154 g/mol. The summed E-state index contributed by atoms with van der Waals surface area (Å²) >= 11 is 0. The summed E-state index contributed by atoms with van der Waals surface area (Å²) in [6.45, 7) is 1.79. The monoisotopic (exact) mass is 154 g/mol. The van der Waals surface area contributed by atoms with Crippen molar-refractivity contribution < 1.29 is 8.78 Å². The van der Waals surface area contributed by atoms with Gasteiger partial charge in [0.05, 0.1) is 0 Å². The first kappa shape index (κ1) is 7.92. The fourth-order valence-electron chi connectivity index (χ4n) is 0.864. The molecule has 0 aliphatic rings. The van der Waals surface area contributed by atoms with Crippen molar-refractivity contribution >= 4 is 6.08 Å². The first-order chi connectivity index (χ1) is 5.22. The van der Waals surface area contributed by atoms with E-state index in [0.717, 1.165) is 6.07 Å². The van der Waals surface area contributed by atoms with Crippen molar-refractivity contribution in [2.45, 2.75) is 6.92 Å². The molecule has 0 N–H and O–H groups in total. The Morgan fingerprint density at radius 2 is 1.64 bits per heavy atom. The molecule has 1 rings (SSSR count). The first-order valence-corrected chi connectivity index (χ1v) is 3.31. The predicted molar refractivity (Wildman–Crippen MR) is 41.1 cm³/mol. The van der Waals surface area contributed by atoms with Crippen LogP contribution in [-0.2, 0) is 0 Å². The average Bonchev–Trinajstić information content (AvgIpc) is 1.85. The Morgan fingerprint density at radius 3 is 2.09 bits per heavy atom. The molecule has 0 saturated heterocycles. The van der Waals surface area contributed by atoms with E-state index in [1.54, 1.807) is 19.1 Å². The maximum Gasteiger partial charge on any atom is 0.126 e. The fraction of sp³-hybridized carbons (Fsp3) is 0.111. The summed E-state index contributed by atoms with van der Waals surface area (Å²) in [4.78, 5) is 0. The number of rotatable bonds is 1. The van der Waals surface area contributed by atoms with E-state index >= 15 is 0 Å². The van der Waals surface area contributed by atoms with Crippen molar-refractivity contribution in [3.63, 3.8) is 0 Å². The van der Waals surface area contributed by atoms with Crippen LogP contribution in [-0.4, -0.2) is 0 Å². The second kappa shape index (κ2) is 3.28. The molecule has 11 heavy (non-hydrogen) atoms. The molecule has 0 saturated carbocycles. The highest BCUT2D eigenvalue weighted by molar-refractivity contribution is 5.48. The van der Waals surface area contributed by atoms with Crippen molar-refractivity contribution in [1.29, 1.82) is 0 Å². The summed E-state index contributed by atoms with van der Waals surface area (Å²) in [5.74, 6) is -1.09. The molecule has 1 aromatic rings. The van der Waals surface area contributed by atoms with Gasteiger partial charge in [-0.05, 0) is 24.6 Å². The first-order valence-electron chi connectivity index (χ1n) is 3.31. The maximum absolute atomic E-state index is 12.5. The van der Waals surface area contributed by atoms with Crippen LogP contribution < -0.4 is 0 Å². The quantitative estimate of drug-likeness (QED) is 0.583. The van der Waals surface area contributed by atoms with Gasteiger partial charge in [0, 0.05) is 6.07 Å². The van der Waals surface area contributed by atoms with Gasteiger partial charge in [-0.1, -0.05) is 12.2 Å². The lowest BCUT2D eigenvalue weighted by Gasteiger charge is -1.93. The molecule has 0 unspecified atom stereocenters. The highest BCUT2D eigenvalue weighted by Crippen LogP contribution is 2.08. The van der Waals surface area contributed by atoms with Gasteiger partial charge in [-0.2, -0.15) is 0 Å². The molecule has 1 aromatic carbocycles. The van der Waals surface area contributed by atoms with Gasteiger partial charge >= 0.3 is 0 Å². The van der Waals surface area contributed by atoms with Gasteiger partial charge in [-0.15, -0.1) is 0 Å². The van der Waals surface area contributed by atoms with E-state index in [4.69, 9.17) is 0 Å². The topological polar surface area (TPSA) is 0 Å². The molecule has 0 fully saturated rings. The van der Waals surface area contributed by atoms with Crippen LogP contribution in [0.5, 0.6) is 0 Å². The van der Waals surface area contributed by atoms with Crippen LogP contribution in [0.1, 0.15) is 12.5 Å². The lowest BCUT2D eigenvalue weighted by atomic mass is 10.2. The smallest absolute Gasteiger partial charge is 0.126 e. The number of benzene rings is 1. The third kappa shape index (κ3) is 2.15. The van der Waals surface area contributed by atoms with Gasteiger partial charge in [-0.3, -0.25) is 0 Å². The molecule has 0 spiro atoms. The largest absolute Gasteiger partial charge is 0.207 e. The molecule has 0 aromatic heterocycles. The lowest BCUT2D eigenvalue weighted by molar-refractivity contribution is 0.583. The molecule has 0 radical (unpaired) electrons. The SMILES string of the molecule is CC=Cc1cc(F)cc(F)c1. The Bertz CT molecular complexity index is 257. The van der Waals surface area contributed by atoms with E-state index in [1.165, 1.54) is 12.1 Å². The van der Waals surface area contributed by atoms with Crippen LogP contribution in [0.15, 0.2) is 24.3 Å². The van der Waals surface area contributed by atoms with E-state index in [-0.39, 0.29) is 0 Å². The summed E-state index contributed by atoms with van der Waals surface area (Å²) in [5.41, 5.74) is 0.546. The summed E-state index contributed by atoms with van der Waals surface area (Å²) in [6, 6.07) is 3.42. The molecule has 0 nitrogen and oxygen atoms in total. The normalized spacial score (nSPS) is 10.8. The van der Waals surface area contributed by atoms with E-state index in [1.807, 2.05) is 0 Å². The molecule has 0 atom stereocenters. The summed E-state index contributed by atoms with van der Waals surface area (Å²) in [7, 11) is 0. The van der Waals surface area contributed by atoms with Crippen LogP contribution in [0.2, 0.25) is 0 Å². The van der Waals surface area contributed by atoms with Crippen LogP contribution in [0.4, 0.5) is 8.78 Å². The molecule has 2 heteroatoms. The number of hydrogen-bond donors (Lipinski definition) is 0. The van der Waals surface area contributed by atoms with E-state index < -0.39 is 11.6 Å². The van der Waals surface area contributed by atoms with Crippen molar-refractivity contribution in [3.8, 4) is 0 Å². The van der Waals surface area contributed by atoms with Crippen molar-refractivity contribution in [3.05, 3.63) is 41.5 Å². The zero-order valence-corrected chi connectivity index (χ0v) is 6.14. The minimum absolute atomic E-state index is 0.543. The maximum atomic E-state index is 12.5. The third-order valence-corrected chi connectivity index (χ3v) is 1.24. The van der Waals surface area contributed by atoms with Crippen molar-refractivity contribution in [1.82, 2.24) is 0 Å². The molecule has 0 amide bonds. The standard InChI is InChI=1S/C9H8F2/c1-2-3-7-4-8(10)6-9(11)5-7/h2-6H,1H3. The highest BCUT2D eigenvalue weighted by atomic mass is 19.1. The molecule has 0 aliphatic heterocycles. The van der Waals surface area contributed by atoms with Gasteiger partial charge in [0.25, 0.3) is 0 Å². The molecule has 0 bridgehead atoms. The van der Waals surface area contributed by atoms with Crippen LogP contribution in [0.3, 0.4) is 0 Å². The molecule has 0 heterocycles. The molecular formula is C9H8F2. The second-order valence-corrected chi connectivity index (χ2v) is 2.20. The highest BCUT2D eigenvalue weighted by Gasteiger charge is 1.95. The molecule has 58 valence electrons.